The molecule has 2 aromatic carbocycles. The Kier molecular flexibility index (Phi) is 11.6. The summed E-state index contributed by atoms with van der Waals surface area (Å²) >= 11 is 6.09. The number of hydrogen-bond acceptors (Lipinski definition) is 7. The van der Waals surface area contributed by atoms with Gasteiger partial charge in [-0.1, -0.05) is 49.7 Å². The molecule has 2 saturated heterocycles. The van der Waals surface area contributed by atoms with E-state index in [2.05, 4.69) is 41.1 Å². The first-order chi connectivity index (χ1) is 20.1. The monoisotopic (exact) mass is 598 g/mol. The largest absolute Gasteiger partial charge is 0.508 e. The van der Waals surface area contributed by atoms with Gasteiger partial charge in [0.05, 0.1) is 0 Å². The lowest BCUT2D eigenvalue weighted by molar-refractivity contribution is -0.140. The fourth-order valence-corrected chi connectivity index (χ4v) is 6.00. The quantitative estimate of drug-likeness (QED) is 0.365. The molecule has 2 aliphatic heterocycles. The highest BCUT2D eigenvalue weighted by atomic mass is 35.5. The molecule has 0 unspecified atom stereocenters. The first-order valence-electron chi connectivity index (χ1n) is 15.2. The summed E-state index contributed by atoms with van der Waals surface area (Å²) in [7, 11) is 2.18. The third kappa shape index (κ3) is 9.15. The molecule has 2 atom stereocenters. The molecule has 10 heteroatoms. The highest BCUT2D eigenvalue weighted by Gasteiger charge is 2.34. The maximum Gasteiger partial charge on any atom is 0.245 e. The zero-order valence-electron chi connectivity index (χ0n) is 25.2. The molecule has 2 aliphatic rings. The molecule has 0 saturated carbocycles. The molecule has 0 aliphatic carbocycles. The summed E-state index contributed by atoms with van der Waals surface area (Å²) in [5.41, 5.74) is 7.97. The SMILES string of the molecule is CC(C)CN(C1CCN(C(=O)[C@@H](Cc2ccc(Cl)cc2)NC(=O)C[C@@H](N)c2ccc(O)cc2)CC1)N1CCN(C)CC1. The second-order valence-electron chi connectivity index (χ2n) is 12.2. The van der Waals surface area contributed by atoms with Gasteiger partial charge in [-0.3, -0.25) is 9.59 Å². The average Bonchev–Trinajstić information content (AvgIpc) is 2.97. The number of phenolic OH excluding ortho intramolecular Hbond substituents is 1. The van der Waals surface area contributed by atoms with E-state index in [0.717, 1.165) is 56.7 Å². The van der Waals surface area contributed by atoms with Crippen LogP contribution in [-0.2, 0) is 16.0 Å². The number of rotatable bonds is 11. The molecule has 2 fully saturated rings. The molecule has 9 nitrogen and oxygen atoms in total. The Balaban J connectivity index is 1.41. The zero-order valence-corrected chi connectivity index (χ0v) is 26.0. The van der Waals surface area contributed by atoms with Gasteiger partial charge in [0.2, 0.25) is 11.8 Å². The second kappa shape index (κ2) is 15.2. The zero-order chi connectivity index (χ0) is 30.2. The molecular formula is C32H47ClN6O3. The van der Waals surface area contributed by atoms with Crippen molar-refractivity contribution in [3.05, 3.63) is 64.7 Å². The Morgan fingerprint density at radius 2 is 1.62 bits per heavy atom. The number of nitrogens with one attached hydrogen (secondary N) is 1. The van der Waals surface area contributed by atoms with Gasteiger partial charge in [-0.15, -0.1) is 0 Å². The van der Waals surface area contributed by atoms with E-state index < -0.39 is 12.1 Å². The summed E-state index contributed by atoms with van der Waals surface area (Å²) in [4.78, 5) is 31.3. The minimum absolute atomic E-state index is 0.0342. The Bertz CT molecular complexity index is 1150. The first kappa shape index (κ1) is 32.2. The van der Waals surface area contributed by atoms with Gasteiger partial charge in [0.25, 0.3) is 0 Å². The maximum absolute atomic E-state index is 13.9. The van der Waals surface area contributed by atoms with Crippen LogP contribution in [0.5, 0.6) is 5.75 Å². The number of phenols is 1. The molecule has 4 N–H and O–H groups in total. The summed E-state index contributed by atoms with van der Waals surface area (Å²) in [6, 6.07) is 13.0. The Hall–Kier alpha value is -2.69. The third-order valence-corrected chi connectivity index (χ3v) is 8.56. The van der Waals surface area contributed by atoms with Crippen molar-refractivity contribution in [3.63, 3.8) is 0 Å². The van der Waals surface area contributed by atoms with Crippen LogP contribution in [0.1, 0.15) is 50.3 Å². The number of hydrazine groups is 1. The Labute approximate surface area is 255 Å². The number of likely N-dealkylation sites (N-methyl/N-ethyl adjacent to an activating group) is 1. The minimum Gasteiger partial charge on any atom is -0.508 e. The molecule has 0 bridgehead atoms. The molecule has 0 spiro atoms. The van der Waals surface area contributed by atoms with Crippen molar-refractivity contribution >= 4 is 23.4 Å². The number of halogens is 1. The van der Waals surface area contributed by atoms with E-state index >= 15 is 0 Å². The lowest BCUT2D eigenvalue weighted by Crippen LogP contribution is -2.60. The van der Waals surface area contributed by atoms with Gasteiger partial charge < -0.3 is 26.0 Å². The van der Waals surface area contributed by atoms with Crippen molar-refractivity contribution in [1.82, 2.24) is 25.1 Å². The van der Waals surface area contributed by atoms with Crippen LogP contribution in [0.3, 0.4) is 0 Å². The summed E-state index contributed by atoms with van der Waals surface area (Å²) in [5.74, 6) is 0.348. The van der Waals surface area contributed by atoms with Crippen molar-refractivity contribution in [2.75, 3.05) is 52.9 Å². The van der Waals surface area contributed by atoms with Gasteiger partial charge in [-0.25, -0.2) is 10.0 Å². The van der Waals surface area contributed by atoms with E-state index in [-0.39, 0.29) is 24.0 Å². The maximum atomic E-state index is 13.9. The number of amides is 2. The molecule has 2 heterocycles. The fraction of sp³-hybridized carbons (Fsp3) is 0.562. The third-order valence-electron chi connectivity index (χ3n) is 8.31. The van der Waals surface area contributed by atoms with Gasteiger partial charge in [0, 0.05) is 75.8 Å². The van der Waals surface area contributed by atoms with Crippen molar-refractivity contribution in [3.8, 4) is 5.75 Å². The van der Waals surface area contributed by atoms with E-state index in [0.29, 0.717) is 36.5 Å². The van der Waals surface area contributed by atoms with Crippen molar-refractivity contribution in [1.29, 1.82) is 0 Å². The van der Waals surface area contributed by atoms with Crippen LogP contribution in [-0.4, -0.2) is 102 Å². The number of aromatic hydroxyl groups is 1. The average molecular weight is 599 g/mol. The van der Waals surface area contributed by atoms with Gasteiger partial charge in [-0.05, 0) is 61.2 Å². The van der Waals surface area contributed by atoms with Crippen LogP contribution < -0.4 is 11.1 Å². The minimum atomic E-state index is -0.702. The Morgan fingerprint density at radius 1 is 1.00 bits per heavy atom. The molecule has 0 radical (unpaired) electrons. The number of likely N-dealkylation sites (tertiary alicyclic amines) is 1. The van der Waals surface area contributed by atoms with Crippen molar-refractivity contribution < 1.29 is 14.7 Å². The lowest BCUT2D eigenvalue weighted by atomic mass is 9.99. The molecule has 0 aromatic heterocycles. The van der Waals surface area contributed by atoms with E-state index in [4.69, 9.17) is 17.3 Å². The lowest BCUT2D eigenvalue weighted by Gasteiger charge is -2.47. The highest BCUT2D eigenvalue weighted by Crippen LogP contribution is 2.23. The predicted octanol–water partition coefficient (Wildman–Crippen LogP) is 3.27. The number of piperazine rings is 1. The molecule has 2 amide bonds. The summed E-state index contributed by atoms with van der Waals surface area (Å²) in [5, 5.41) is 18.3. The molecule has 4 rings (SSSR count). The fourth-order valence-electron chi connectivity index (χ4n) is 5.88. The molecule has 230 valence electrons. The topological polar surface area (TPSA) is 105 Å². The Morgan fingerprint density at radius 3 is 2.21 bits per heavy atom. The van der Waals surface area contributed by atoms with Crippen molar-refractivity contribution in [2.45, 2.75) is 57.7 Å². The first-order valence-corrected chi connectivity index (χ1v) is 15.5. The number of nitrogens with two attached hydrogens (primary N) is 1. The van der Waals surface area contributed by atoms with Crippen LogP contribution in [0.2, 0.25) is 5.02 Å². The standard InChI is InChI=1S/C32H47ClN6O3/c1-23(2)22-39(38-18-16-36(3)17-19-38)27-12-14-37(15-13-27)32(42)30(20-24-4-8-26(33)9-5-24)35-31(41)21-29(34)25-6-10-28(40)11-7-25/h4-11,23,27,29-30,40H,12-22,34H2,1-3H3,(H,35,41)/t29-,30-/m1/s1. The summed E-state index contributed by atoms with van der Waals surface area (Å²) in [6.45, 7) is 11.0. The van der Waals surface area contributed by atoms with Crippen LogP contribution in [0.4, 0.5) is 0 Å². The number of carbonyl (C=O) groups is 2. The highest BCUT2D eigenvalue weighted by molar-refractivity contribution is 6.30. The summed E-state index contributed by atoms with van der Waals surface area (Å²) < 4.78 is 0. The number of carbonyl (C=O) groups excluding carboxylic acids is 2. The molecule has 42 heavy (non-hydrogen) atoms. The molecular weight excluding hydrogens is 552 g/mol. The van der Waals surface area contributed by atoms with Crippen LogP contribution in [0.25, 0.3) is 0 Å². The van der Waals surface area contributed by atoms with Crippen molar-refractivity contribution in [2.24, 2.45) is 11.7 Å². The van der Waals surface area contributed by atoms with Crippen LogP contribution >= 0.6 is 11.6 Å². The second-order valence-corrected chi connectivity index (χ2v) is 12.6. The van der Waals surface area contributed by atoms with Gasteiger partial charge in [0.1, 0.15) is 11.8 Å². The van der Waals surface area contributed by atoms with Gasteiger partial charge in [-0.2, -0.15) is 0 Å². The van der Waals surface area contributed by atoms with E-state index in [1.807, 2.05) is 17.0 Å². The molecule has 2 aromatic rings. The van der Waals surface area contributed by atoms with Crippen LogP contribution in [0, 0.1) is 5.92 Å². The van der Waals surface area contributed by atoms with Gasteiger partial charge in [0.15, 0.2) is 0 Å². The summed E-state index contributed by atoms with van der Waals surface area (Å²) in [6.07, 6.45) is 2.21. The van der Waals surface area contributed by atoms with E-state index in [1.54, 1.807) is 36.4 Å². The number of benzene rings is 2. The van der Waals surface area contributed by atoms with E-state index in [1.165, 1.54) is 0 Å². The predicted molar refractivity (Wildman–Crippen MR) is 167 cm³/mol. The number of nitrogens with zero attached hydrogens (tertiary/aromatic N) is 4. The van der Waals surface area contributed by atoms with Crippen LogP contribution in [0.15, 0.2) is 48.5 Å². The number of piperidine rings is 1. The van der Waals surface area contributed by atoms with Gasteiger partial charge >= 0.3 is 0 Å². The number of hydrogen-bond donors (Lipinski definition) is 3. The normalized spacial score (nSPS) is 18.8. The smallest absolute Gasteiger partial charge is 0.245 e. The van der Waals surface area contributed by atoms with E-state index in [9.17, 15) is 14.7 Å².